The molecule has 1 aromatic heterocycles. The molecule has 1 aliphatic rings. The van der Waals surface area contributed by atoms with E-state index in [0.29, 0.717) is 10.9 Å². The molecule has 1 fully saturated rings. The number of hydrogen-bond acceptors (Lipinski definition) is 9. The van der Waals surface area contributed by atoms with Crippen molar-refractivity contribution in [2.24, 2.45) is 5.92 Å². The van der Waals surface area contributed by atoms with Crippen LogP contribution >= 0.6 is 11.8 Å². The van der Waals surface area contributed by atoms with E-state index in [1.807, 2.05) is 66.7 Å². The first kappa shape index (κ1) is 33.1. The summed E-state index contributed by atoms with van der Waals surface area (Å²) in [6.07, 6.45) is 2.46. The van der Waals surface area contributed by atoms with Crippen LogP contribution in [0.2, 0.25) is 0 Å². The molecule has 10 nitrogen and oxygen atoms in total. The van der Waals surface area contributed by atoms with E-state index in [2.05, 4.69) is 33.6 Å². The van der Waals surface area contributed by atoms with Crippen molar-refractivity contribution in [3.8, 4) is 11.1 Å². The number of benzene rings is 3. The SMILES string of the molecule is CCOC(=O)CNC(=O)NCc1cccc(-c2cccc([C@@H]3O[C@H](CSc4ncccn4)[C@H](C)[C@H](c4ccc(CO)cc4)O3)c2)c1. The monoisotopic (exact) mass is 642 g/mol. The van der Waals surface area contributed by atoms with Crippen molar-refractivity contribution in [2.75, 3.05) is 18.9 Å². The van der Waals surface area contributed by atoms with Crippen LogP contribution in [0.25, 0.3) is 11.1 Å². The first-order valence-corrected chi connectivity index (χ1v) is 16.2. The molecule has 0 unspecified atom stereocenters. The van der Waals surface area contributed by atoms with Crippen LogP contribution in [0.4, 0.5) is 4.79 Å². The smallest absolute Gasteiger partial charge is 0.325 e. The predicted octanol–water partition coefficient (Wildman–Crippen LogP) is 5.58. The second-order valence-corrected chi connectivity index (χ2v) is 11.8. The lowest BCUT2D eigenvalue weighted by Gasteiger charge is -2.41. The molecule has 46 heavy (non-hydrogen) atoms. The number of hydrogen-bond donors (Lipinski definition) is 3. The van der Waals surface area contributed by atoms with Gasteiger partial charge in [-0.25, -0.2) is 14.8 Å². The zero-order valence-electron chi connectivity index (χ0n) is 25.8. The third-order valence-corrected chi connectivity index (χ3v) is 8.58. The van der Waals surface area contributed by atoms with Gasteiger partial charge in [-0.05, 0) is 52.9 Å². The molecule has 0 radical (unpaired) electrons. The zero-order chi connectivity index (χ0) is 32.3. The van der Waals surface area contributed by atoms with E-state index in [1.165, 1.54) is 0 Å². The summed E-state index contributed by atoms with van der Waals surface area (Å²) in [5.41, 5.74) is 5.60. The number of nitrogens with one attached hydrogen (secondary N) is 2. The van der Waals surface area contributed by atoms with E-state index >= 15 is 0 Å². The quantitative estimate of drug-likeness (QED) is 0.103. The highest BCUT2D eigenvalue weighted by molar-refractivity contribution is 7.99. The van der Waals surface area contributed by atoms with Gasteiger partial charge in [0.05, 0.1) is 25.4 Å². The van der Waals surface area contributed by atoms with Crippen LogP contribution in [-0.4, -0.2) is 52.1 Å². The number of esters is 1. The lowest BCUT2D eigenvalue weighted by molar-refractivity contribution is -0.268. The fourth-order valence-corrected chi connectivity index (χ4v) is 6.13. The number of urea groups is 1. The van der Waals surface area contributed by atoms with E-state index in [-0.39, 0.29) is 44.4 Å². The van der Waals surface area contributed by atoms with Gasteiger partial charge in [-0.2, -0.15) is 0 Å². The van der Waals surface area contributed by atoms with Crippen LogP contribution in [0.5, 0.6) is 0 Å². The summed E-state index contributed by atoms with van der Waals surface area (Å²) >= 11 is 1.55. The molecule has 240 valence electrons. The molecule has 0 saturated carbocycles. The molecule has 2 heterocycles. The Morgan fingerprint density at radius 3 is 2.37 bits per heavy atom. The van der Waals surface area contributed by atoms with E-state index in [4.69, 9.17) is 14.2 Å². The van der Waals surface area contributed by atoms with Crippen molar-refractivity contribution in [1.29, 1.82) is 0 Å². The van der Waals surface area contributed by atoms with E-state index < -0.39 is 18.3 Å². The van der Waals surface area contributed by atoms with Gasteiger partial charge in [0.2, 0.25) is 0 Å². The minimum absolute atomic E-state index is 0.0177. The number of carbonyl (C=O) groups is 2. The van der Waals surface area contributed by atoms with Gasteiger partial charge in [0.25, 0.3) is 0 Å². The predicted molar refractivity (Wildman–Crippen MR) is 174 cm³/mol. The first-order valence-electron chi connectivity index (χ1n) is 15.2. The van der Waals surface area contributed by atoms with Crippen LogP contribution in [0.1, 0.15) is 48.5 Å². The minimum atomic E-state index is -0.617. The number of aliphatic hydroxyl groups excluding tert-OH is 1. The second-order valence-electron chi connectivity index (χ2n) is 10.8. The lowest BCUT2D eigenvalue weighted by atomic mass is 9.91. The summed E-state index contributed by atoms with van der Waals surface area (Å²) in [5, 5.41) is 15.5. The summed E-state index contributed by atoms with van der Waals surface area (Å²) in [6.45, 7) is 4.19. The number of nitrogens with zero attached hydrogens (tertiary/aromatic N) is 2. The fourth-order valence-electron chi connectivity index (χ4n) is 5.16. The van der Waals surface area contributed by atoms with Gasteiger partial charge < -0.3 is 30.0 Å². The molecule has 5 rings (SSSR count). The Balaban J connectivity index is 1.32. The average Bonchev–Trinajstić information content (AvgIpc) is 3.10. The Kier molecular flexibility index (Phi) is 11.7. The van der Waals surface area contributed by atoms with Crippen LogP contribution in [-0.2, 0) is 32.2 Å². The minimum Gasteiger partial charge on any atom is -0.465 e. The largest absolute Gasteiger partial charge is 0.465 e. The molecule has 2 amide bonds. The Bertz CT molecular complexity index is 1590. The van der Waals surface area contributed by atoms with Crippen LogP contribution in [0.3, 0.4) is 0 Å². The number of thioether (sulfide) groups is 1. The van der Waals surface area contributed by atoms with Crippen molar-refractivity contribution in [1.82, 2.24) is 20.6 Å². The number of carbonyl (C=O) groups excluding carboxylic acids is 2. The summed E-state index contributed by atoms with van der Waals surface area (Å²) in [7, 11) is 0. The summed E-state index contributed by atoms with van der Waals surface area (Å²) < 4.78 is 18.1. The van der Waals surface area contributed by atoms with Crippen LogP contribution < -0.4 is 10.6 Å². The fraction of sp³-hybridized carbons (Fsp3) is 0.314. The lowest BCUT2D eigenvalue weighted by Crippen LogP contribution is -2.38. The second kappa shape index (κ2) is 16.3. The van der Waals surface area contributed by atoms with E-state index in [1.54, 1.807) is 37.1 Å². The zero-order valence-corrected chi connectivity index (χ0v) is 26.6. The van der Waals surface area contributed by atoms with Gasteiger partial charge in [-0.3, -0.25) is 4.79 Å². The van der Waals surface area contributed by atoms with Gasteiger partial charge in [-0.1, -0.05) is 79.3 Å². The molecule has 0 bridgehead atoms. The molecule has 1 aliphatic heterocycles. The molecule has 0 aliphatic carbocycles. The van der Waals surface area contributed by atoms with Crippen molar-refractivity contribution >= 4 is 23.8 Å². The number of aliphatic hydroxyl groups is 1. The summed E-state index contributed by atoms with van der Waals surface area (Å²) in [4.78, 5) is 32.4. The van der Waals surface area contributed by atoms with Gasteiger partial charge in [0.15, 0.2) is 11.4 Å². The first-order chi connectivity index (χ1) is 22.4. The Morgan fingerprint density at radius 1 is 0.891 bits per heavy atom. The van der Waals surface area contributed by atoms with E-state index in [0.717, 1.165) is 33.4 Å². The van der Waals surface area contributed by atoms with Crippen molar-refractivity contribution < 1.29 is 28.9 Å². The summed E-state index contributed by atoms with van der Waals surface area (Å²) in [5.74, 6) is 0.202. The standard InChI is InChI=1S/C35H38N4O6S/c1-3-43-31(41)20-39-34(42)38-19-25-7-4-8-27(17-25)28-9-5-10-29(18-28)33-44-30(22-46-35-36-15-6-16-37-35)23(2)32(45-33)26-13-11-24(21-40)12-14-26/h4-18,23,30,32-33,40H,3,19-22H2,1-2H3,(H2,38,39,42)/t23-,30+,32+,33+/m0/s1. The molecular weight excluding hydrogens is 604 g/mol. The number of ether oxygens (including phenoxy) is 3. The highest BCUT2D eigenvalue weighted by Gasteiger charge is 2.38. The Morgan fingerprint density at radius 2 is 1.63 bits per heavy atom. The molecular formula is C35H38N4O6S. The molecule has 3 aromatic carbocycles. The Hall–Kier alpha value is -4.29. The molecule has 3 N–H and O–H groups in total. The number of rotatable bonds is 12. The van der Waals surface area contributed by atoms with Gasteiger partial charge in [-0.15, -0.1) is 0 Å². The maximum atomic E-state index is 12.2. The third-order valence-electron chi connectivity index (χ3n) is 7.61. The number of aromatic nitrogens is 2. The van der Waals surface area contributed by atoms with Crippen LogP contribution in [0.15, 0.2) is 96.4 Å². The van der Waals surface area contributed by atoms with Crippen LogP contribution in [0, 0.1) is 5.92 Å². The van der Waals surface area contributed by atoms with Gasteiger partial charge in [0, 0.05) is 36.2 Å². The maximum Gasteiger partial charge on any atom is 0.325 e. The van der Waals surface area contributed by atoms with Gasteiger partial charge in [0.1, 0.15) is 6.54 Å². The number of amides is 2. The topological polar surface area (TPSA) is 132 Å². The van der Waals surface area contributed by atoms with Crippen molar-refractivity contribution in [3.05, 3.63) is 114 Å². The maximum absolute atomic E-state index is 12.2. The molecule has 11 heteroatoms. The normalized spacial score (nSPS) is 19.3. The summed E-state index contributed by atoms with van der Waals surface area (Å²) in [6, 6.07) is 25.2. The molecule has 1 saturated heterocycles. The van der Waals surface area contributed by atoms with Gasteiger partial charge >= 0.3 is 12.0 Å². The highest BCUT2D eigenvalue weighted by Crippen LogP contribution is 2.43. The highest BCUT2D eigenvalue weighted by atomic mass is 32.2. The van der Waals surface area contributed by atoms with E-state index in [9.17, 15) is 14.7 Å². The third kappa shape index (κ3) is 8.91. The van der Waals surface area contributed by atoms with Crippen molar-refractivity contribution in [2.45, 2.75) is 50.7 Å². The molecule has 0 spiro atoms. The molecule has 4 aromatic rings. The van der Waals surface area contributed by atoms with Crippen molar-refractivity contribution in [3.63, 3.8) is 0 Å². The Labute approximate surface area is 272 Å². The average molecular weight is 643 g/mol. The molecule has 4 atom stereocenters.